The Morgan fingerprint density at radius 2 is 1.57 bits per heavy atom. The zero-order valence-corrected chi connectivity index (χ0v) is 23.2. The highest BCUT2D eigenvalue weighted by atomic mass is 79.9. The average Bonchev–Trinajstić information content (AvgIpc) is 3.36. The molecule has 37 heavy (non-hydrogen) atoms. The van der Waals surface area contributed by atoms with Crippen LogP contribution in [0.1, 0.15) is 32.4 Å². The molecule has 1 spiro atoms. The van der Waals surface area contributed by atoms with Crippen molar-refractivity contribution < 1.29 is 29.0 Å². The Kier molecular flexibility index (Phi) is 6.86. The zero-order chi connectivity index (χ0) is 26.5. The molecule has 0 radical (unpaired) electrons. The van der Waals surface area contributed by atoms with Crippen molar-refractivity contribution in [2.45, 2.75) is 16.6 Å². The topological polar surface area (TPSA) is 110 Å². The summed E-state index contributed by atoms with van der Waals surface area (Å²) in [5, 5.41) is 13.2. The number of anilines is 1. The Morgan fingerprint density at radius 3 is 2.11 bits per heavy atom. The number of carbonyl (C=O) groups excluding carboxylic acids is 3. The maximum atomic E-state index is 13.7. The molecule has 3 atom stereocenters. The number of carboxylic acids is 1. The summed E-state index contributed by atoms with van der Waals surface area (Å²) >= 11 is 8.37. The molecule has 3 aromatic rings. The molecule has 1 aliphatic heterocycles. The highest BCUT2D eigenvalue weighted by molar-refractivity contribution is 9.13. The van der Waals surface area contributed by atoms with Gasteiger partial charge in [0.2, 0.25) is 23.1 Å². The van der Waals surface area contributed by atoms with E-state index in [-0.39, 0.29) is 11.1 Å². The molecular weight excluding hydrogens is 626 g/mol. The number of Topliss-reactive ketones (excluding diaryl/α,β-unsaturated/α-hetero) is 2. The summed E-state index contributed by atoms with van der Waals surface area (Å²) in [6, 6.07) is 18.3. The third-order valence-corrected chi connectivity index (χ3v) is 9.35. The molecule has 0 aromatic heterocycles. The minimum absolute atomic E-state index is 0.0863. The van der Waals surface area contributed by atoms with Crippen LogP contribution in [0.2, 0.25) is 0 Å². The van der Waals surface area contributed by atoms with Gasteiger partial charge in [0.05, 0.1) is 12.0 Å². The van der Waals surface area contributed by atoms with Gasteiger partial charge in [-0.25, -0.2) is 0 Å². The van der Waals surface area contributed by atoms with Gasteiger partial charge in [0, 0.05) is 30.7 Å². The maximum Gasteiger partial charge on any atom is 0.311 e. The monoisotopic (exact) mass is 643 g/mol. The summed E-state index contributed by atoms with van der Waals surface area (Å²) in [6.45, 7) is 0. The summed E-state index contributed by atoms with van der Waals surface area (Å²) in [6.07, 6.45) is 0.743. The fourth-order valence-corrected chi connectivity index (χ4v) is 6.08. The van der Waals surface area contributed by atoms with E-state index in [1.807, 2.05) is 18.4 Å². The van der Waals surface area contributed by atoms with E-state index < -0.39 is 47.0 Å². The number of rotatable bonds is 5. The van der Waals surface area contributed by atoms with E-state index in [9.17, 15) is 24.3 Å². The Morgan fingerprint density at radius 1 is 0.946 bits per heavy atom. The van der Waals surface area contributed by atoms with Gasteiger partial charge in [0.15, 0.2) is 0 Å². The second-order valence-electron chi connectivity index (χ2n) is 8.71. The highest BCUT2D eigenvalue weighted by Gasteiger charge is 2.71. The summed E-state index contributed by atoms with van der Waals surface area (Å²) in [5.74, 6) is -6.76. The van der Waals surface area contributed by atoms with Crippen LogP contribution < -0.4 is 5.32 Å². The number of aliphatic carboxylic acids is 1. The Labute approximate surface area is 233 Å². The molecule has 1 amide bonds. The van der Waals surface area contributed by atoms with E-state index in [1.54, 1.807) is 42.5 Å². The number of hydrogen-bond donors (Lipinski definition) is 2. The third-order valence-electron chi connectivity index (χ3n) is 6.73. The molecular formula is C27H19Br2NO6S. The number of benzene rings is 3. The molecule has 1 saturated heterocycles. The molecule has 2 N–H and O–H groups in total. The van der Waals surface area contributed by atoms with Crippen molar-refractivity contribution in [1.82, 2.24) is 0 Å². The number of carbonyl (C=O) groups is 4. The van der Waals surface area contributed by atoms with Crippen molar-refractivity contribution in [2.24, 2.45) is 11.8 Å². The first-order valence-corrected chi connectivity index (χ1v) is 14.0. The molecule has 3 unspecified atom stereocenters. The number of carboxylic acid groups (broad SMARTS) is 1. The molecule has 10 heteroatoms. The number of nitrogens with one attached hydrogen (secondary N) is 1. The molecule has 0 saturated carbocycles. The molecule has 1 aliphatic carbocycles. The van der Waals surface area contributed by atoms with Gasteiger partial charge >= 0.3 is 5.97 Å². The lowest BCUT2D eigenvalue weighted by molar-refractivity contribution is -0.147. The number of ether oxygens (including phenoxy) is 1. The van der Waals surface area contributed by atoms with Crippen LogP contribution in [-0.2, 0) is 14.3 Å². The maximum absolute atomic E-state index is 13.7. The minimum Gasteiger partial charge on any atom is -0.481 e. The lowest BCUT2D eigenvalue weighted by Crippen LogP contribution is -2.52. The standard InChI is InChI=1S/C27H19Br2NO6S/c1-37-15-9-7-14(8-10-15)30-25(33)20-21(26(34)35)27(23(31)16-4-2-3-5-17(16)24(27)32)36-22(20)13-6-11-18(28)19(29)12-13/h2-12,20-22H,1H3,(H,30,33)(H,34,35). The Balaban J connectivity index is 1.64. The first kappa shape index (κ1) is 25.8. The lowest BCUT2D eigenvalue weighted by atomic mass is 9.75. The van der Waals surface area contributed by atoms with E-state index in [0.29, 0.717) is 15.7 Å². The molecule has 5 rings (SSSR count). The molecule has 1 heterocycles. The number of ketones is 2. The quantitative estimate of drug-likeness (QED) is 0.268. The largest absolute Gasteiger partial charge is 0.481 e. The summed E-state index contributed by atoms with van der Waals surface area (Å²) in [4.78, 5) is 54.9. The molecule has 0 bridgehead atoms. The Bertz CT molecular complexity index is 1420. The molecule has 1 fully saturated rings. The normalized spacial score (nSPS) is 21.8. The van der Waals surface area contributed by atoms with Crippen LogP contribution in [0.25, 0.3) is 0 Å². The summed E-state index contributed by atoms with van der Waals surface area (Å²) in [7, 11) is 0. The molecule has 188 valence electrons. The molecule has 7 nitrogen and oxygen atoms in total. The predicted octanol–water partition coefficient (Wildman–Crippen LogP) is 5.78. The van der Waals surface area contributed by atoms with E-state index in [0.717, 1.165) is 9.37 Å². The minimum atomic E-state index is -2.36. The van der Waals surface area contributed by atoms with Gasteiger partial charge in [-0.05, 0) is 80.1 Å². The summed E-state index contributed by atoms with van der Waals surface area (Å²) < 4.78 is 7.57. The van der Waals surface area contributed by atoms with Crippen LogP contribution in [0.3, 0.4) is 0 Å². The smallest absolute Gasteiger partial charge is 0.311 e. The second-order valence-corrected chi connectivity index (χ2v) is 11.3. The van der Waals surface area contributed by atoms with Gasteiger partial charge in [-0.1, -0.05) is 30.3 Å². The van der Waals surface area contributed by atoms with Crippen LogP contribution >= 0.6 is 43.6 Å². The van der Waals surface area contributed by atoms with Crippen molar-refractivity contribution in [3.63, 3.8) is 0 Å². The van der Waals surface area contributed by atoms with E-state index in [2.05, 4.69) is 37.2 Å². The van der Waals surface area contributed by atoms with Crippen LogP contribution in [0.15, 0.2) is 80.6 Å². The summed E-state index contributed by atoms with van der Waals surface area (Å²) in [5.41, 5.74) is -1.28. The second kappa shape index (κ2) is 9.83. The van der Waals surface area contributed by atoms with Gasteiger partial charge < -0.3 is 15.2 Å². The van der Waals surface area contributed by atoms with Crippen molar-refractivity contribution in [3.8, 4) is 0 Å². The van der Waals surface area contributed by atoms with E-state index in [4.69, 9.17) is 4.74 Å². The lowest BCUT2D eigenvalue weighted by Gasteiger charge is -2.25. The van der Waals surface area contributed by atoms with Crippen molar-refractivity contribution in [2.75, 3.05) is 11.6 Å². The van der Waals surface area contributed by atoms with Crippen LogP contribution in [0.4, 0.5) is 5.69 Å². The van der Waals surface area contributed by atoms with Gasteiger partial charge in [0.25, 0.3) is 0 Å². The average molecular weight is 645 g/mol. The van der Waals surface area contributed by atoms with Gasteiger partial charge in [0.1, 0.15) is 5.92 Å². The third kappa shape index (κ3) is 4.16. The van der Waals surface area contributed by atoms with Crippen molar-refractivity contribution >= 4 is 72.8 Å². The van der Waals surface area contributed by atoms with Crippen molar-refractivity contribution in [1.29, 1.82) is 0 Å². The Hall–Kier alpha value is -2.79. The first-order chi connectivity index (χ1) is 17.7. The van der Waals surface area contributed by atoms with Crippen LogP contribution in [0, 0.1) is 11.8 Å². The van der Waals surface area contributed by atoms with Crippen LogP contribution in [0.5, 0.6) is 0 Å². The zero-order valence-electron chi connectivity index (χ0n) is 19.2. The first-order valence-electron chi connectivity index (χ1n) is 11.2. The number of hydrogen-bond acceptors (Lipinski definition) is 6. The van der Waals surface area contributed by atoms with Crippen LogP contribution in [-0.4, -0.2) is 40.4 Å². The SMILES string of the molecule is CSc1ccc(NC(=O)C2C(c3ccc(Br)c(Br)c3)OC3(C(=O)c4ccccc4C3=O)C2C(=O)O)cc1. The van der Waals surface area contributed by atoms with Gasteiger partial charge in [-0.2, -0.15) is 0 Å². The van der Waals surface area contributed by atoms with Crippen molar-refractivity contribution in [3.05, 3.63) is 92.4 Å². The predicted molar refractivity (Wildman–Crippen MR) is 145 cm³/mol. The van der Waals surface area contributed by atoms with Gasteiger partial charge in [-0.3, -0.25) is 19.2 Å². The number of amides is 1. The number of thioether (sulfide) groups is 1. The van der Waals surface area contributed by atoms with Gasteiger partial charge in [-0.15, -0.1) is 11.8 Å². The van der Waals surface area contributed by atoms with E-state index >= 15 is 0 Å². The fourth-order valence-electron chi connectivity index (χ4n) is 5.03. The number of fused-ring (bicyclic) bond motifs is 1. The van der Waals surface area contributed by atoms with E-state index in [1.165, 1.54) is 23.9 Å². The molecule has 2 aliphatic rings. The number of halogens is 2. The fraction of sp³-hybridized carbons (Fsp3) is 0.185. The molecule has 3 aromatic carbocycles. The highest BCUT2D eigenvalue weighted by Crippen LogP contribution is 2.54.